The maximum atomic E-state index is 4.51. The van der Waals surface area contributed by atoms with Gasteiger partial charge in [-0.25, -0.2) is 9.97 Å². The van der Waals surface area contributed by atoms with Crippen molar-refractivity contribution >= 4 is 34.6 Å². The molecule has 0 aliphatic carbocycles. The monoisotopic (exact) mass is 304 g/mol. The molecule has 8 heteroatoms. The number of anilines is 4. The molecule has 0 spiro atoms. The van der Waals surface area contributed by atoms with Crippen LogP contribution in [0.1, 0.15) is 26.7 Å². The molecule has 2 aromatic heterocycles. The lowest BCUT2D eigenvalue weighted by Crippen LogP contribution is -2.11. The number of nitrogens with one attached hydrogen (secondary N) is 4. The Hall–Kier alpha value is -2.38. The van der Waals surface area contributed by atoms with Crippen LogP contribution in [-0.4, -0.2) is 47.1 Å². The van der Waals surface area contributed by atoms with E-state index in [1.54, 1.807) is 14.1 Å². The van der Waals surface area contributed by atoms with Gasteiger partial charge in [-0.15, -0.1) is 0 Å². The van der Waals surface area contributed by atoms with Crippen molar-refractivity contribution in [3.8, 4) is 0 Å². The van der Waals surface area contributed by atoms with Crippen molar-refractivity contribution in [2.24, 2.45) is 0 Å². The Morgan fingerprint density at radius 3 is 1.41 bits per heavy atom. The molecule has 0 bridgehead atoms. The van der Waals surface area contributed by atoms with Gasteiger partial charge in [0.15, 0.2) is 11.6 Å². The lowest BCUT2D eigenvalue weighted by Gasteiger charge is -2.13. The standard InChI is InChI=1S/C14H24N8/c1-5-7-17-11-9-10(20-13(15-3)21-11)12(18-8-6-2)22-14(16-4)19-9/h5-8H2,1-4H3,(H2,15,17,20,21)(H2,16,18,19,22). The summed E-state index contributed by atoms with van der Waals surface area (Å²) in [6.45, 7) is 5.87. The summed E-state index contributed by atoms with van der Waals surface area (Å²) in [7, 11) is 3.60. The van der Waals surface area contributed by atoms with E-state index in [9.17, 15) is 0 Å². The van der Waals surface area contributed by atoms with Crippen LogP contribution in [0.3, 0.4) is 0 Å². The molecule has 0 saturated carbocycles. The van der Waals surface area contributed by atoms with E-state index >= 15 is 0 Å². The van der Waals surface area contributed by atoms with Crippen LogP contribution in [0.4, 0.5) is 23.5 Å². The van der Waals surface area contributed by atoms with Crippen molar-refractivity contribution in [1.29, 1.82) is 0 Å². The van der Waals surface area contributed by atoms with Crippen LogP contribution < -0.4 is 21.3 Å². The summed E-state index contributed by atoms with van der Waals surface area (Å²) in [5.74, 6) is 2.53. The fraction of sp³-hybridized carbons (Fsp3) is 0.571. The molecule has 0 aromatic carbocycles. The molecule has 0 aliphatic heterocycles. The normalized spacial score (nSPS) is 10.5. The smallest absolute Gasteiger partial charge is 0.225 e. The van der Waals surface area contributed by atoms with Gasteiger partial charge in [-0.1, -0.05) is 13.8 Å². The van der Waals surface area contributed by atoms with E-state index in [0.29, 0.717) is 22.9 Å². The minimum atomic E-state index is 0.548. The van der Waals surface area contributed by atoms with E-state index in [1.165, 1.54) is 0 Å². The summed E-state index contributed by atoms with van der Waals surface area (Å²) >= 11 is 0. The molecule has 0 fully saturated rings. The summed E-state index contributed by atoms with van der Waals surface area (Å²) in [5, 5.41) is 12.6. The van der Waals surface area contributed by atoms with Crippen molar-refractivity contribution in [3.63, 3.8) is 0 Å². The van der Waals surface area contributed by atoms with Crippen LogP contribution in [-0.2, 0) is 0 Å². The van der Waals surface area contributed by atoms with Gasteiger partial charge < -0.3 is 21.3 Å². The fourth-order valence-corrected chi connectivity index (χ4v) is 1.97. The van der Waals surface area contributed by atoms with Crippen molar-refractivity contribution < 1.29 is 0 Å². The third kappa shape index (κ3) is 3.44. The van der Waals surface area contributed by atoms with Crippen LogP contribution in [0.25, 0.3) is 11.0 Å². The van der Waals surface area contributed by atoms with Gasteiger partial charge in [0.25, 0.3) is 0 Å². The summed E-state index contributed by atoms with van der Waals surface area (Å²) in [4.78, 5) is 18.0. The number of hydrogen-bond donors (Lipinski definition) is 4. The van der Waals surface area contributed by atoms with Gasteiger partial charge >= 0.3 is 0 Å². The van der Waals surface area contributed by atoms with Gasteiger partial charge in [-0.05, 0) is 12.8 Å². The maximum absolute atomic E-state index is 4.51. The Bertz CT molecular complexity index is 573. The van der Waals surface area contributed by atoms with Gasteiger partial charge in [0.1, 0.15) is 11.0 Å². The van der Waals surface area contributed by atoms with Crippen LogP contribution in [0.2, 0.25) is 0 Å². The Kier molecular flexibility index (Phi) is 5.51. The molecule has 2 aromatic rings. The number of nitrogens with zero attached hydrogens (tertiary/aromatic N) is 4. The van der Waals surface area contributed by atoms with Crippen LogP contribution >= 0.6 is 0 Å². The highest BCUT2D eigenvalue weighted by molar-refractivity contribution is 5.94. The number of aromatic nitrogens is 4. The number of rotatable bonds is 8. The molecule has 0 aliphatic rings. The summed E-state index contributed by atoms with van der Waals surface area (Å²) in [6, 6.07) is 0. The molecule has 4 N–H and O–H groups in total. The second-order valence-electron chi connectivity index (χ2n) is 4.84. The highest BCUT2D eigenvalue weighted by Gasteiger charge is 2.15. The number of hydrogen-bond acceptors (Lipinski definition) is 8. The lowest BCUT2D eigenvalue weighted by molar-refractivity contribution is 0.960. The van der Waals surface area contributed by atoms with Gasteiger partial charge in [-0.2, -0.15) is 9.97 Å². The van der Waals surface area contributed by atoms with E-state index in [1.807, 2.05) is 0 Å². The average Bonchev–Trinajstić information content (AvgIpc) is 2.56. The first-order valence-electron chi connectivity index (χ1n) is 7.66. The largest absolute Gasteiger partial charge is 0.368 e. The first kappa shape index (κ1) is 16.0. The summed E-state index contributed by atoms with van der Waals surface area (Å²) < 4.78 is 0. The van der Waals surface area contributed by atoms with Crippen molar-refractivity contribution in [2.75, 3.05) is 48.5 Å². The topological polar surface area (TPSA) is 99.7 Å². The molecule has 2 heterocycles. The molecule has 22 heavy (non-hydrogen) atoms. The third-order valence-corrected chi connectivity index (χ3v) is 3.08. The summed E-state index contributed by atoms with van der Waals surface area (Å²) in [6.07, 6.45) is 2.01. The molecule has 0 saturated heterocycles. The minimum Gasteiger partial charge on any atom is -0.368 e. The Morgan fingerprint density at radius 2 is 1.09 bits per heavy atom. The summed E-state index contributed by atoms with van der Waals surface area (Å²) in [5.41, 5.74) is 1.43. The van der Waals surface area contributed by atoms with Crippen molar-refractivity contribution in [1.82, 2.24) is 19.9 Å². The highest BCUT2D eigenvalue weighted by atomic mass is 15.2. The average molecular weight is 304 g/mol. The van der Waals surface area contributed by atoms with Crippen LogP contribution in [0.5, 0.6) is 0 Å². The third-order valence-electron chi connectivity index (χ3n) is 3.08. The van der Waals surface area contributed by atoms with Crippen molar-refractivity contribution in [3.05, 3.63) is 0 Å². The Labute approximate surface area is 130 Å². The zero-order valence-electron chi connectivity index (χ0n) is 13.6. The van der Waals surface area contributed by atoms with Gasteiger partial charge in [0.2, 0.25) is 11.9 Å². The predicted molar refractivity (Wildman–Crippen MR) is 91.8 cm³/mol. The van der Waals surface area contributed by atoms with E-state index in [2.05, 4.69) is 55.1 Å². The fourth-order valence-electron chi connectivity index (χ4n) is 1.97. The lowest BCUT2D eigenvalue weighted by atomic mass is 10.3. The van der Waals surface area contributed by atoms with Crippen LogP contribution in [0.15, 0.2) is 0 Å². The van der Waals surface area contributed by atoms with E-state index in [0.717, 1.165) is 37.6 Å². The zero-order valence-corrected chi connectivity index (χ0v) is 13.6. The molecule has 120 valence electrons. The maximum Gasteiger partial charge on any atom is 0.225 e. The Morgan fingerprint density at radius 1 is 0.682 bits per heavy atom. The molecule has 0 amide bonds. The number of fused-ring (bicyclic) bond motifs is 1. The Balaban J connectivity index is 2.60. The van der Waals surface area contributed by atoms with E-state index in [-0.39, 0.29) is 0 Å². The second kappa shape index (κ2) is 7.58. The van der Waals surface area contributed by atoms with Gasteiger partial charge in [0.05, 0.1) is 0 Å². The molecule has 0 unspecified atom stereocenters. The molecule has 0 atom stereocenters. The van der Waals surface area contributed by atoms with Crippen molar-refractivity contribution in [2.45, 2.75) is 26.7 Å². The molecule has 2 rings (SSSR count). The first-order chi connectivity index (χ1) is 10.7. The van der Waals surface area contributed by atoms with E-state index in [4.69, 9.17) is 0 Å². The molecule has 8 nitrogen and oxygen atoms in total. The van der Waals surface area contributed by atoms with E-state index < -0.39 is 0 Å². The molecular weight excluding hydrogens is 280 g/mol. The van der Waals surface area contributed by atoms with Gasteiger partial charge in [0, 0.05) is 27.2 Å². The quantitative estimate of drug-likeness (QED) is 0.589. The second-order valence-corrected chi connectivity index (χ2v) is 4.84. The SMILES string of the molecule is CCCNc1nc(NC)nc2c(NCCC)nc(NC)nc12. The first-order valence-corrected chi connectivity index (χ1v) is 7.66. The highest BCUT2D eigenvalue weighted by Crippen LogP contribution is 2.26. The minimum absolute atomic E-state index is 0.548. The predicted octanol–water partition coefficient (Wildman–Crippen LogP) is 2.15. The van der Waals surface area contributed by atoms with Gasteiger partial charge in [-0.3, -0.25) is 0 Å². The van der Waals surface area contributed by atoms with Crippen LogP contribution in [0, 0.1) is 0 Å². The molecular formula is C14H24N8. The molecule has 0 radical (unpaired) electrons. The zero-order chi connectivity index (χ0) is 15.9.